The van der Waals surface area contributed by atoms with Gasteiger partial charge in [0.05, 0.1) is 0 Å². The van der Waals surface area contributed by atoms with Crippen molar-refractivity contribution in [2.24, 2.45) is 11.8 Å². The van der Waals surface area contributed by atoms with Crippen molar-refractivity contribution >= 4 is 12.4 Å². The number of nitrogens with one attached hydrogen (secondary N) is 1. The lowest BCUT2D eigenvalue weighted by Crippen LogP contribution is -2.46. The fraction of sp³-hybridized carbons (Fsp3) is 0.889. The van der Waals surface area contributed by atoms with E-state index in [2.05, 4.69) is 12.2 Å². The van der Waals surface area contributed by atoms with Crippen LogP contribution >= 0.6 is 0 Å². The van der Waals surface area contributed by atoms with Crippen LogP contribution in [0.1, 0.15) is 77.6 Å². The van der Waals surface area contributed by atoms with Gasteiger partial charge in [0, 0.05) is 12.6 Å². The normalized spacial score (nSPS) is 22.0. The molecule has 2 aliphatic carbocycles. The van der Waals surface area contributed by atoms with Gasteiger partial charge in [-0.15, -0.1) is 0 Å². The lowest BCUT2D eigenvalue weighted by Gasteiger charge is -2.30. The van der Waals surface area contributed by atoms with Gasteiger partial charge in [0.1, 0.15) is 0 Å². The summed E-state index contributed by atoms with van der Waals surface area (Å²) in [4.78, 5) is 24.6. The van der Waals surface area contributed by atoms with E-state index in [4.69, 9.17) is 0 Å². The average molecular weight is 307 g/mol. The fourth-order valence-corrected chi connectivity index (χ4v) is 4.00. The summed E-state index contributed by atoms with van der Waals surface area (Å²) in [6.07, 6.45) is 15.4. The van der Waals surface area contributed by atoms with Crippen LogP contribution < -0.4 is 5.32 Å². The van der Waals surface area contributed by atoms with E-state index in [1.807, 2.05) is 6.41 Å². The molecule has 0 aromatic carbocycles. The largest absolute Gasteiger partial charge is 0.335 e. The summed E-state index contributed by atoms with van der Waals surface area (Å²) in [5.41, 5.74) is 0. The molecule has 2 rings (SSSR count). The third-order valence-corrected chi connectivity index (χ3v) is 5.55. The van der Waals surface area contributed by atoms with E-state index in [9.17, 15) is 9.59 Å². The van der Waals surface area contributed by atoms with Crippen LogP contribution in [0.5, 0.6) is 0 Å². The van der Waals surface area contributed by atoms with Gasteiger partial charge in [-0.05, 0) is 38.0 Å². The van der Waals surface area contributed by atoms with Crippen LogP contribution in [0.15, 0.2) is 0 Å². The zero-order chi connectivity index (χ0) is 15.8. The van der Waals surface area contributed by atoms with Gasteiger partial charge in [0.2, 0.25) is 0 Å². The topological polar surface area (TPSA) is 49.4 Å². The second-order valence-electron chi connectivity index (χ2n) is 7.17. The Morgan fingerprint density at radius 1 is 1.09 bits per heavy atom. The highest BCUT2D eigenvalue weighted by Gasteiger charge is 2.24. The van der Waals surface area contributed by atoms with E-state index in [0.717, 1.165) is 6.42 Å². The molecule has 22 heavy (non-hydrogen) atoms. The van der Waals surface area contributed by atoms with E-state index in [0.29, 0.717) is 18.4 Å². The first kappa shape index (κ1) is 17.3. The predicted molar refractivity (Wildman–Crippen MR) is 88.2 cm³/mol. The van der Waals surface area contributed by atoms with Crippen molar-refractivity contribution in [3.05, 3.63) is 0 Å². The summed E-state index contributed by atoms with van der Waals surface area (Å²) >= 11 is 0. The van der Waals surface area contributed by atoms with Gasteiger partial charge in [-0.1, -0.05) is 51.4 Å². The first-order chi connectivity index (χ1) is 10.7. The summed E-state index contributed by atoms with van der Waals surface area (Å²) in [7, 11) is 0. The zero-order valence-electron chi connectivity index (χ0n) is 14.0. The van der Waals surface area contributed by atoms with Gasteiger partial charge in [-0.25, -0.2) is 4.79 Å². The van der Waals surface area contributed by atoms with Gasteiger partial charge >= 0.3 is 12.4 Å². The summed E-state index contributed by atoms with van der Waals surface area (Å²) in [6, 6.07) is -0.109. The molecule has 0 aromatic rings. The molecule has 1 unspecified atom stereocenters. The highest BCUT2D eigenvalue weighted by molar-refractivity contribution is 5.85. The van der Waals surface area contributed by atoms with Crippen LogP contribution in [0, 0.1) is 11.8 Å². The van der Waals surface area contributed by atoms with Gasteiger partial charge in [-0.3, -0.25) is 9.69 Å². The number of rotatable bonds is 6. The average Bonchev–Trinajstić information content (AvgIpc) is 2.57. The maximum atomic E-state index is 12.3. The van der Waals surface area contributed by atoms with Crippen LogP contribution in [0.3, 0.4) is 0 Å². The van der Waals surface area contributed by atoms with Crippen molar-refractivity contribution in [2.75, 3.05) is 6.54 Å². The summed E-state index contributed by atoms with van der Waals surface area (Å²) in [6.45, 7) is 2.58. The van der Waals surface area contributed by atoms with Gasteiger partial charge < -0.3 is 5.32 Å². The third kappa shape index (κ3) is 5.29. The molecule has 0 bridgehead atoms. The van der Waals surface area contributed by atoms with Crippen molar-refractivity contribution in [3.8, 4) is 0 Å². The smallest absolute Gasteiger partial charge is 0.324 e. The van der Waals surface area contributed by atoms with Gasteiger partial charge in [0.15, 0.2) is 0 Å². The number of urea groups is 1. The zero-order valence-corrected chi connectivity index (χ0v) is 14.0. The molecule has 125 valence electrons. The van der Waals surface area contributed by atoms with E-state index in [1.165, 1.54) is 69.1 Å². The van der Waals surface area contributed by atoms with E-state index < -0.39 is 0 Å². The minimum atomic E-state index is -0.260. The van der Waals surface area contributed by atoms with Crippen molar-refractivity contribution < 1.29 is 9.59 Å². The molecule has 0 aliphatic heterocycles. The molecule has 2 saturated carbocycles. The first-order valence-corrected chi connectivity index (χ1v) is 9.16. The molecule has 0 heterocycles. The molecule has 1 atom stereocenters. The van der Waals surface area contributed by atoms with Crippen LogP contribution in [0.25, 0.3) is 0 Å². The lowest BCUT2D eigenvalue weighted by atomic mass is 9.84. The summed E-state index contributed by atoms with van der Waals surface area (Å²) in [5, 5.41) is 3.01. The molecule has 1 radical (unpaired) electrons. The minimum absolute atomic E-state index is 0.151. The molecule has 3 amide bonds. The van der Waals surface area contributed by atoms with Crippen molar-refractivity contribution in [1.29, 1.82) is 0 Å². The maximum absolute atomic E-state index is 12.3. The second kappa shape index (κ2) is 9.16. The maximum Gasteiger partial charge on any atom is 0.324 e. The fourth-order valence-electron chi connectivity index (χ4n) is 4.00. The van der Waals surface area contributed by atoms with Crippen molar-refractivity contribution in [1.82, 2.24) is 10.2 Å². The Bertz CT molecular complexity index is 347. The molecule has 0 saturated heterocycles. The summed E-state index contributed by atoms with van der Waals surface area (Å²) in [5.74, 6) is 1.23. The second-order valence-corrected chi connectivity index (χ2v) is 7.17. The monoisotopic (exact) mass is 307 g/mol. The number of amides is 3. The molecule has 4 heteroatoms. The Morgan fingerprint density at radius 3 is 2.27 bits per heavy atom. The Balaban J connectivity index is 1.73. The van der Waals surface area contributed by atoms with Crippen LogP contribution in [-0.4, -0.2) is 29.9 Å². The van der Waals surface area contributed by atoms with Crippen LogP contribution in [0.4, 0.5) is 4.79 Å². The number of nitrogens with zero attached hydrogens (tertiary/aromatic N) is 1. The molecule has 1 N–H and O–H groups in total. The number of carbonyl (C=O) groups excluding carboxylic acids is 2. The van der Waals surface area contributed by atoms with Crippen LogP contribution in [-0.2, 0) is 4.79 Å². The number of imide groups is 1. The highest BCUT2D eigenvalue weighted by Crippen LogP contribution is 2.27. The van der Waals surface area contributed by atoms with E-state index in [1.54, 1.807) is 0 Å². The number of carbonyl (C=O) groups is 1. The molecule has 0 spiro atoms. The third-order valence-electron chi connectivity index (χ3n) is 5.55. The Kier molecular flexibility index (Phi) is 7.20. The molecule has 0 aromatic heterocycles. The number of hydrogen-bond donors (Lipinski definition) is 1. The molecule has 4 nitrogen and oxygen atoms in total. The van der Waals surface area contributed by atoms with E-state index >= 15 is 0 Å². The molecule has 2 fully saturated rings. The molecule has 2 aliphatic rings. The minimum Gasteiger partial charge on any atom is -0.335 e. The predicted octanol–water partition coefficient (Wildman–Crippen LogP) is 4.00. The Hall–Kier alpha value is -1.06. The Labute approximate surface area is 135 Å². The summed E-state index contributed by atoms with van der Waals surface area (Å²) < 4.78 is 0. The quantitative estimate of drug-likeness (QED) is 0.754. The number of hydrogen-bond acceptors (Lipinski definition) is 2. The van der Waals surface area contributed by atoms with Crippen molar-refractivity contribution in [2.45, 2.75) is 83.6 Å². The van der Waals surface area contributed by atoms with Gasteiger partial charge in [0.25, 0.3) is 0 Å². The highest BCUT2D eigenvalue weighted by atomic mass is 16.2. The van der Waals surface area contributed by atoms with Crippen molar-refractivity contribution in [3.63, 3.8) is 0 Å². The van der Waals surface area contributed by atoms with Crippen LogP contribution in [0.2, 0.25) is 0 Å². The first-order valence-electron chi connectivity index (χ1n) is 9.16. The molecular formula is C18H31N2O2. The lowest BCUT2D eigenvalue weighted by molar-refractivity contribution is 0.200. The Morgan fingerprint density at radius 2 is 1.68 bits per heavy atom. The SMILES string of the molecule is CC(NC(=O)N([C]=O)CCC1CCCCC1)C1CCCCC1. The van der Waals surface area contributed by atoms with Gasteiger partial charge in [-0.2, -0.15) is 0 Å². The van der Waals surface area contributed by atoms with E-state index in [-0.39, 0.29) is 12.1 Å². The standard InChI is InChI=1S/C18H31N2O2/c1-15(17-10-6-3-7-11-17)19-18(22)20(14-21)13-12-16-8-4-2-5-9-16/h15-17H,2-13H2,1H3,(H,19,22). The molecular weight excluding hydrogens is 276 g/mol.